The predicted molar refractivity (Wildman–Crippen MR) is 100 cm³/mol. The van der Waals surface area contributed by atoms with Gasteiger partial charge in [-0.15, -0.1) is 0 Å². The molecule has 0 saturated carbocycles. The lowest BCUT2D eigenvalue weighted by Gasteiger charge is -2.34. The van der Waals surface area contributed by atoms with Crippen molar-refractivity contribution in [3.63, 3.8) is 0 Å². The minimum Gasteiger partial charge on any atom is -0.449 e. The molecule has 0 spiro atoms. The van der Waals surface area contributed by atoms with Crippen LogP contribution in [0.3, 0.4) is 0 Å². The van der Waals surface area contributed by atoms with Gasteiger partial charge in [-0.25, -0.2) is 9.67 Å². The quantitative estimate of drug-likeness (QED) is 0.809. The van der Waals surface area contributed by atoms with Crippen molar-refractivity contribution in [1.29, 1.82) is 0 Å². The first-order valence-corrected chi connectivity index (χ1v) is 9.25. The van der Waals surface area contributed by atoms with E-state index in [1.165, 1.54) is 0 Å². The largest absolute Gasteiger partial charge is 0.449 e. The summed E-state index contributed by atoms with van der Waals surface area (Å²) in [5, 5.41) is 4.55. The van der Waals surface area contributed by atoms with Crippen LogP contribution in [0.2, 0.25) is 0 Å². The molecule has 7 heteroatoms. The molecule has 3 rings (SSSR count). The summed E-state index contributed by atoms with van der Waals surface area (Å²) in [6, 6.07) is 3.47. The molecule has 0 N–H and O–H groups in total. The van der Waals surface area contributed by atoms with Crippen LogP contribution in [0.25, 0.3) is 0 Å². The molecule has 0 aromatic carbocycles. The summed E-state index contributed by atoms with van der Waals surface area (Å²) < 4.78 is 6.87. The highest BCUT2D eigenvalue weighted by molar-refractivity contribution is 5.10. The maximum Gasteiger partial charge on any atom is 0.266 e. The maximum atomic E-state index is 12.1. The fraction of sp³-hybridized carbons (Fsp3) is 0.632. The molecule has 1 aliphatic heterocycles. The van der Waals surface area contributed by atoms with Gasteiger partial charge in [0.15, 0.2) is 5.89 Å². The monoisotopic (exact) mass is 359 g/mol. The standard InChI is InChI=1S/C19H29N5O2/c1-15-20-16(14-26-15)13-23-9-7-22(8-10-23)11-12-24-18(25)6-5-17(21-24)19(2,3)4/h5-6,14H,7-13H2,1-4H3. The lowest BCUT2D eigenvalue weighted by Crippen LogP contribution is -2.47. The summed E-state index contributed by atoms with van der Waals surface area (Å²) in [4.78, 5) is 21.2. The Balaban J connectivity index is 1.50. The first-order valence-electron chi connectivity index (χ1n) is 9.25. The predicted octanol–water partition coefficient (Wildman–Crippen LogP) is 1.66. The highest BCUT2D eigenvalue weighted by Crippen LogP contribution is 2.18. The van der Waals surface area contributed by atoms with Crippen LogP contribution in [0, 0.1) is 6.92 Å². The van der Waals surface area contributed by atoms with Crippen LogP contribution in [0.4, 0.5) is 0 Å². The van der Waals surface area contributed by atoms with E-state index in [9.17, 15) is 4.79 Å². The molecule has 1 aliphatic rings. The zero-order chi connectivity index (χ0) is 18.7. The van der Waals surface area contributed by atoms with Crippen molar-refractivity contribution in [2.24, 2.45) is 0 Å². The Morgan fingerprint density at radius 3 is 2.38 bits per heavy atom. The lowest BCUT2D eigenvalue weighted by molar-refractivity contribution is 0.121. The van der Waals surface area contributed by atoms with Gasteiger partial charge in [0.2, 0.25) is 0 Å². The van der Waals surface area contributed by atoms with Crippen molar-refractivity contribution in [2.45, 2.75) is 46.2 Å². The van der Waals surface area contributed by atoms with Gasteiger partial charge in [0.1, 0.15) is 6.26 Å². The molecule has 1 fully saturated rings. The molecule has 3 heterocycles. The summed E-state index contributed by atoms with van der Waals surface area (Å²) >= 11 is 0. The van der Waals surface area contributed by atoms with Crippen molar-refractivity contribution in [2.75, 3.05) is 32.7 Å². The summed E-state index contributed by atoms with van der Waals surface area (Å²) in [5.74, 6) is 0.717. The molecule has 0 unspecified atom stereocenters. The molecule has 26 heavy (non-hydrogen) atoms. The molecule has 0 amide bonds. The minimum absolute atomic E-state index is 0.0296. The minimum atomic E-state index is -0.0550. The highest BCUT2D eigenvalue weighted by Gasteiger charge is 2.19. The molecule has 1 saturated heterocycles. The Bertz CT molecular complexity index is 782. The van der Waals surface area contributed by atoms with E-state index in [0.717, 1.165) is 50.7 Å². The van der Waals surface area contributed by atoms with Gasteiger partial charge in [0.25, 0.3) is 5.56 Å². The average molecular weight is 359 g/mol. The van der Waals surface area contributed by atoms with E-state index in [1.807, 2.05) is 13.0 Å². The van der Waals surface area contributed by atoms with Gasteiger partial charge in [0.05, 0.1) is 17.9 Å². The third-order valence-corrected chi connectivity index (χ3v) is 4.78. The molecule has 142 valence electrons. The van der Waals surface area contributed by atoms with Gasteiger partial charge in [-0.3, -0.25) is 14.6 Å². The Hall–Kier alpha value is -1.99. The Morgan fingerprint density at radius 1 is 1.08 bits per heavy atom. The fourth-order valence-corrected chi connectivity index (χ4v) is 3.13. The topological polar surface area (TPSA) is 67.4 Å². The van der Waals surface area contributed by atoms with Gasteiger partial charge in [-0.05, 0) is 6.07 Å². The molecular weight excluding hydrogens is 330 g/mol. The molecule has 2 aromatic heterocycles. The lowest BCUT2D eigenvalue weighted by atomic mass is 9.92. The Labute approximate surface area is 154 Å². The number of nitrogens with zero attached hydrogens (tertiary/aromatic N) is 5. The van der Waals surface area contributed by atoms with Crippen LogP contribution in [0.15, 0.2) is 27.6 Å². The second-order valence-electron chi connectivity index (χ2n) is 8.01. The molecular formula is C19H29N5O2. The third kappa shape index (κ3) is 4.80. The second kappa shape index (κ2) is 7.72. The Kier molecular flexibility index (Phi) is 5.58. The van der Waals surface area contributed by atoms with Crippen LogP contribution in [-0.2, 0) is 18.5 Å². The SMILES string of the molecule is Cc1nc(CN2CCN(CCn3nc(C(C)(C)C)ccc3=O)CC2)co1. The van der Waals surface area contributed by atoms with Gasteiger partial charge >= 0.3 is 0 Å². The van der Waals surface area contributed by atoms with Gasteiger partial charge in [0, 0.05) is 57.7 Å². The van der Waals surface area contributed by atoms with E-state index in [0.29, 0.717) is 12.4 Å². The number of aromatic nitrogens is 3. The van der Waals surface area contributed by atoms with E-state index < -0.39 is 0 Å². The third-order valence-electron chi connectivity index (χ3n) is 4.78. The van der Waals surface area contributed by atoms with Crippen LogP contribution < -0.4 is 5.56 Å². The van der Waals surface area contributed by atoms with Crippen molar-refractivity contribution < 1.29 is 4.42 Å². The highest BCUT2D eigenvalue weighted by atomic mass is 16.3. The fourth-order valence-electron chi connectivity index (χ4n) is 3.13. The van der Waals surface area contributed by atoms with Gasteiger partial charge in [-0.2, -0.15) is 5.10 Å². The summed E-state index contributed by atoms with van der Waals surface area (Å²) in [7, 11) is 0. The molecule has 0 atom stereocenters. The average Bonchev–Trinajstić information content (AvgIpc) is 2.99. The van der Waals surface area contributed by atoms with Crippen molar-refractivity contribution >= 4 is 0 Å². The van der Waals surface area contributed by atoms with E-state index in [4.69, 9.17) is 4.42 Å². The van der Waals surface area contributed by atoms with Crippen LogP contribution in [0.5, 0.6) is 0 Å². The van der Waals surface area contributed by atoms with E-state index in [1.54, 1.807) is 17.0 Å². The van der Waals surface area contributed by atoms with E-state index in [-0.39, 0.29) is 11.0 Å². The van der Waals surface area contributed by atoms with Crippen molar-refractivity contribution in [1.82, 2.24) is 24.6 Å². The van der Waals surface area contributed by atoms with E-state index >= 15 is 0 Å². The van der Waals surface area contributed by atoms with Crippen LogP contribution >= 0.6 is 0 Å². The first-order chi connectivity index (χ1) is 12.3. The smallest absolute Gasteiger partial charge is 0.266 e. The number of oxazole rings is 1. The van der Waals surface area contributed by atoms with Gasteiger partial charge in [-0.1, -0.05) is 20.8 Å². The number of aryl methyl sites for hydroxylation is 1. The van der Waals surface area contributed by atoms with Gasteiger partial charge < -0.3 is 4.42 Å². The summed E-state index contributed by atoms with van der Waals surface area (Å²) in [6.45, 7) is 14.5. The number of hydrogen-bond acceptors (Lipinski definition) is 6. The summed E-state index contributed by atoms with van der Waals surface area (Å²) in [6.07, 6.45) is 1.74. The summed E-state index contributed by atoms with van der Waals surface area (Å²) in [5.41, 5.74) is 1.86. The number of hydrogen-bond donors (Lipinski definition) is 0. The normalized spacial score (nSPS) is 16.9. The van der Waals surface area contributed by atoms with Crippen LogP contribution in [0.1, 0.15) is 38.0 Å². The number of rotatable bonds is 5. The second-order valence-corrected chi connectivity index (χ2v) is 8.01. The molecule has 0 aliphatic carbocycles. The van der Waals surface area contributed by atoms with E-state index in [2.05, 4.69) is 40.7 Å². The maximum absolute atomic E-state index is 12.1. The van der Waals surface area contributed by atoms with Crippen molar-refractivity contribution in [3.05, 3.63) is 46.0 Å². The zero-order valence-corrected chi connectivity index (χ0v) is 16.2. The molecule has 7 nitrogen and oxygen atoms in total. The molecule has 0 radical (unpaired) electrons. The van der Waals surface area contributed by atoms with Crippen molar-refractivity contribution in [3.8, 4) is 0 Å². The Morgan fingerprint density at radius 2 is 1.77 bits per heavy atom. The molecule has 2 aromatic rings. The number of piperazine rings is 1. The molecule has 0 bridgehead atoms. The zero-order valence-electron chi connectivity index (χ0n) is 16.2. The van der Waals surface area contributed by atoms with Crippen LogP contribution in [-0.4, -0.2) is 57.3 Å². The first kappa shape index (κ1) is 18.8.